The fraction of sp³-hybridized carbons (Fsp3) is 0.0238. The highest BCUT2D eigenvalue weighted by Crippen LogP contribution is 2.46. The summed E-state index contributed by atoms with van der Waals surface area (Å²) < 4.78 is 48.5. The molecule has 242 valence electrons. The molecule has 0 aliphatic carbocycles. The van der Waals surface area contributed by atoms with E-state index in [9.17, 15) is 26.3 Å². The van der Waals surface area contributed by atoms with Crippen LogP contribution in [0.1, 0.15) is 33.4 Å². The van der Waals surface area contributed by atoms with E-state index in [0.29, 0.717) is 65.9 Å². The maximum Gasteiger partial charge on any atom is 0.417 e. The fourth-order valence-electron chi connectivity index (χ4n) is 7.09. The van der Waals surface area contributed by atoms with Gasteiger partial charge in [0.05, 0.1) is 97.2 Å². The summed E-state index contributed by atoms with van der Waals surface area (Å²) in [7, 11) is 0. The molecule has 0 N–H and O–H groups in total. The molecule has 8 rings (SSSR count). The van der Waals surface area contributed by atoms with Crippen molar-refractivity contribution in [2.75, 3.05) is 0 Å². The minimum Gasteiger partial charge on any atom is -0.308 e. The quantitative estimate of drug-likeness (QED) is 0.184. The van der Waals surface area contributed by atoms with Crippen molar-refractivity contribution >= 4 is 43.6 Å². The van der Waals surface area contributed by atoms with Crippen LogP contribution in [0.2, 0.25) is 0 Å². The van der Waals surface area contributed by atoms with Gasteiger partial charge < -0.3 is 9.13 Å². The SMILES string of the molecule is N#Cc1cc(-n2c3cc(C#N)ccc3c3ccc(C#N)cc32)c(-c2ccccc2C(F)(F)F)c(-n2c3cc(C#N)ccc3c3ccc(C#N)cc32)c1. The summed E-state index contributed by atoms with van der Waals surface area (Å²) in [6, 6.07) is 38.9. The highest BCUT2D eigenvalue weighted by atomic mass is 19.4. The van der Waals surface area contributed by atoms with Crippen LogP contribution in [-0.4, -0.2) is 9.13 Å². The molecule has 0 aliphatic rings. The molecule has 0 unspecified atom stereocenters. The second-order valence-electron chi connectivity index (χ2n) is 12.1. The van der Waals surface area contributed by atoms with Crippen molar-refractivity contribution in [1.29, 1.82) is 26.3 Å². The molecular formula is C42H18F3N7. The predicted molar refractivity (Wildman–Crippen MR) is 189 cm³/mol. The molecular weight excluding hydrogens is 660 g/mol. The molecule has 8 aromatic rings. The van der Waals surface area contributed by atoms with E-state index in [-0.39, 0.29) is 28.1 Å². The molecule has 0 aliphatic heterocycles. The summed E-state index contributed by atoms with van der Waals surface area (Å²) in [6.07, 6.45) is -4.80. The third kappa shape index (κ3) is 4.71. The molecule has 0 saturated heterocycles. The Morgan fingerprint density at radius 3 is 1.10 bits per heavy atom. The number of nitriles is 5. The van der Waals surface area contributed by atoms with E-state index in [1.807, 2.05) is 0 Å². The van der Waals surface area contributed by atoms with Crippen molar-refractivity contribution < 1.29 is 13.2 Å². The largest absolute Gasteiger partial charge is 0.417 e. The smallest absolute Gasteiger partial charge is 0.308 e. The average molecular weight is 678 g/mol. The molecule has 6 aromatic carbocycles. The van der Waals surface area contributed by atoms with Gasteiger partial charge in [0.1, 0.15) is 0 Å². The third-order valence-electron chi connectivity index (χ3n) is 9.26. The molecule has 2 aromatic heterocycles. The van der Waals surface area contributed by atoms with Gasteiger partial charge >= 0.3 is 6.18 Å². The first-order valence-corrected chi connectivity index (χ1v) is 15.7. The van der Waals surface area contributed by atoms with Gasteiger partial charge in [-0.15, -0.1) is 0 Å². The van der Waals surface area contributed by atoms with Crippen molar-refractivity contribution in [3.05, 3.63) is 143 Å². The second-order valence-corrected chi connectivity index (χ2v) is 12.1. The second kappa shape index (κ2) is 11.6. The van der Waals surface area contributed by atoms with E-state index in [2.05, 4.69) is 30.3 Å². The Balaban J connectivity index is 1.67. The van der Waals surface area contributed by atoms with Crippen LogP contribution in [0.15, 0.2) is 109 Å². The van der Waals surface area contributed by atoms with E-state index in [4.69, 9.17) is 0 Å². The van der Waals surface area contributed by atoms with Crippen molar-refractivity contribution in [2.45, 2.75) is 6.18 Å². The zero-order valence-electron chi connectivity index (χ0n) is 26.7. The Morgan fingerprint density at radius 2 is 0.769 bits per heavy atom. The van der Waals surface area contributed by atoms with Gasteiger partial charge in [-0.05, 0) is 72.3 Å². The molecule has 0 atom stereocenters. The van der Waals surface area contributed by atoms with E-state index in [1.54, 1.807) is 81.9 Å². The molecule has 10 heteroatoms. The first-order valence-electron chi connectivity index (χ1n) is 15.7. The lowest BCUT2D eigenvalue weighted by molar-refractivity contribution is -0.137. The number of halogens is 3. The van der Waals surface area contributed by atoms with Crippen LogP contribution in [0, 0.1) is 56.7 Å². The van der Waals surface area contributed by atoms with Crippen LogP contribution in [0.25, 0.3) is 66.1 Å². The fourth-order valence-corrected chi connectivity index (χ4v) is 7.09. The summed E-state index contributed by atoms with van der Waals surface area (Å²) >= 11 is 0. The Labute approximate surface area is 293 Å². The number of alkyl halides is 3. The topological polar surface area (TPSA) is 129 Å². The molecule has 0 saturated carbocycles. The lowest BCUT2D eigenvalue weighted by Gasteiger charge is -2.23. The van der Waals surface area contributed by atoms with E-state index < -0.39 is 11.7 Å². The first kappa shape index (κ1) is 31.4. The molecule has 2 heterocycles. The summed E-state index contributed by atoms with van der Waals surface area (Å²) in [4.78, 5) is 0. The standard InChI is InChI=1S/C42H18F3N7/c43-42(44,45)34-4-2-1-3-33(34)41-39(51-35-13-24(19-46)5-9-29(35)30-10-6-25(20-47)14-36(30)51)17-28(23-50)18-40(41)52-37-15-26(21-48)7-11-31(37)32-12-8-27(22-49)16-38(32)52/h1-18H. The van der Waals surface area contributed by atoms with Gasteiger partial charge in [-0.2, -0.15) is 39.5 Å². The molecule has 0 spiro atoms. The zero-order valence-corrected chi connectivity index (χ0v) is 26.7. The Bertz CT molecular complexity index is 2760. The normalized spacial score (nSPS) is 11.3. The van der Waals surface area contributed by atoms with E-state index >= 15 is 13.2 Å². The van der Waals surface area contributed by atoms with Crippen molar-refractivity contribution in [3.63, 3.8) is 0 Å². The molecule has 0 radical (unpaired) electrons. The molecule has 0 amide bonds. The van der Waals surface area contributed by atoms with Crippen LogP contribution < -0.4 is 0 Å². The molecule has 52 heavy (non-hydrogen) atoms. The van der Waals surface area contributed by atoms with Crippen LogP contribution in [-0.2, 0) is 6.18 Å². The Hall–Kier alpha value is -7.84. The third-order valence-corrected chi connectivity index (χ3v) is 9.26. The number of hydrogen-bond acceptors (Lipinski definition) is 5. The zero-order chi connectivity index (χ0) is 36.3. The number of aromatic nitrogens is 2. The summed E-state index contributed by atoms with van der Waals surface area (Å²) in [5, 5.41) is 52.7. The maximum atomic E-state index is 15.0. The Morgan fingerprint density at radius 1 is 0.423 bits per heavy atom. The van der Waals surface area contributed by atoms with Gasteiger partial charge in [0.2, 0.25) is 0 Å². The van der Waals surface area contributed by atoms with Gasteiger partial charge in [-0.25, -0.2) is 0 Å². The van der Waals surface area contributed by atoms with Crippen molar-refractivity contribution in [3.8, 4) is 52.8 Å². The monoisotopic (exact) mass is 677 g/mol. The molecule has 7 nitrogen and oxygen atoms in total. The molecule has 0 bridgehead atoms. The van der Waals surface area contributed by atoms with Crippen LogP contribution in [0.4, 0.5) is 13.2 Å². The lowest BCUT2D eigenvalue weighted by atomic mass is 9.94. The first-order chi connectivity index (χ1) is 25.2. The predicted octanol–water partition coefficient (Wildman–Crippen LogP) is 9.92. The maximum absolute atomic E-state index is 15.0. The van der Waals surface area contributed by atoms with Gasteiger partial charge in [0, 0.05) is 27.1 Å². The van der Waals surface area contributed by atoms with Crippen LogP contribution in [0.5, 0.6) is 0 Å². The minimum atomic E-state index is -4.80. The van der Waals surface area contributed by atoms with E-state index in [1.165, 1.54) is 30.3 Å². The summed E-state index contributed by atoms with van der Waals surface area (Å²) in [6.45, 7) is 0. The van der Waals surface area contributed by atoms with Crippen molar-refractivity contribution in [2.24, 2.45) is 0 Å². The average Bonchev–Trinajstić information content (AvgIpc) is 3.67. The number of nitrogens with zero attached hydrogens (tertiary/aromatic N) is 7. The van der Waals surface area contributed by atoms with Gasteiger partial charge in [-0.1, -0.05) is 42.5 Å². The minimum absolute atomic E-state index is 0.0824. The Kier molecular flexibility index (Phi) is 7.04. The number of hydrogen-bond donors (Lipinski definition) is 0. The van der Waals surface area contributed by atoms with Gasteiger partial charge in [0.15, 0.2) is 0 Å². The lowest BCUT2D eigenvalue weighted by Crippen LogP contribution is -2.11. The van der Waals surface area contributed by atoms with Gasteiger partial charge in [-0.3, -0.25) is 0 Å². The summed E-state index contributed by atoms with van der Waals surface area (Å²) in [5.74, 6) is 0. The molecule has 0 fully saturated rings. The number of fused-ring (bicyclic) bond motifs is 6. The van der Waals surface area contributed by atoms with Crippen LogP contribution >= 0.6 is 0 Å². The number of rotatable bonds is 3. The van der Waals surface area contributed by atoms with E-state index in [0.717, 1.165) is 6.07 Å². The van der Waals surface area contributed by atoms with Crippen LogP contribution in [0.3, 0.4) is 0 Å². The van der Waals surface area contributed by atoms with Gasteiger partial charge in [0.25, 0.3) is 0 Å². The number of benzene rings is 6. The van der Waals surface area contributed by atoms with Crippen molar-refractivity contribution in [1.82, 2.24) is 9.13 Å². The summed E-state index contributed by atoms with van der Waals surface area (Å²) in [5.41, 5.74) is 2.46. The highest BCUT2D eigenvalue weighted by molar-refractivity contribution is 6.12. The highest BCUT2D eigenvalue weighted by Gasteiger charge is 2.35.